The minimum atomic E-state index is -4.20. The van der Waals surface area contributed by atoms with Crippen LogP contribution in [-0.4, -0.2) is 68.8 Å². The summed E-state index contributed by atoms with van der Waals surface area (Å²) in [7, 11) is 1.50. The van der Waals surface area contributed by atoms with Gasteiger partial charge in [-0.25, -0.2) is 4.68 Å². The summed E-state index contributed by atoms with van der Waals surface area (Å²) in [6, 6.07) is 9.80. The van der Waals surface area contributed by atoms with Gasteiger partial charge < -0.3 is 4.90 Å². The van der Waals surface area contributed by atoms with Gasteiger partial charge in [-0.05, 0) is 50.4 Å². The first kappa shape index (κ1) is 24.3. The van der Waals surface area contributed by atoms with Gasteiger partial charge >= 0.3 is 6.18 Å². The molecule has 1 fully saturated rings. The minimum absolute atomic E-state index is 0.167. The summed E-state index contributed by atoms with van der Waals surface area (Å²) in [4.78, 5) is 3.56. The summed E-state index contributed by atoms with van der Waals surface area (Å²) < 4.78 is 42.0. The second kappa shape index (κ2) is 9.77. The number of hydrogen-bond acceptors (Lipinski definition) is 5. The number of anilines is 1. The molecule has 34 heavy (non-hydrogen) atoms. The smallest absolute Gasteiger partial charge is 0.340 e. The lowest BCUT2D eigenvalue weighted by Gasteiger charge is -2.38. The second-order valence-electron chi connectivity index (χ2n) is 9.88. The lowest BCUT2D eigenvalue weighted by molar-refractivity contribution is -0.143. The van der Waals surface area contributed by atoms with Crippen molar-refractivity contribution in [1.29, 1.82) is 0 Å². The van der Waals surface area contributed by atoms with Crippen molar-refractivity contribution in [2.45, 2.75) is 45.8 Å². The van der Waals surface area contributed by atoms with Gasteiger partial charge in [0.15, 0.2) is 5.82 Å². The number of piperidine rings is 1. The molecule has 0 bridgehead atoms. The summed E-state index contributed by atoms with van der Waals surface area (Å²) >= 11 is 0. The molecule has 0 spiro atoms. The average Bonchev–Trinajstić information content (AvgIpc) is 3.39. The molecule has 0 N–H and O–H groups in total. The molecule has 0 aliphatic carbocycles. The minimum Gasteiger partial charge on any atom is -0.340 e. The van der Waals surface area contributed by atoms with Gasteiger partial charge in [-0.3, -0.25) is 9.47 Å². The van der Waals surface area contributed by atoms with Crippen molar-refractivity contribution < 1.29 is 13.2 Å². The van der Waals surface area contributed by atoms with Crippen LogP contribution in [0.15, 0.2) is 42.7 Å². The first-order valence-electron chi connectivity index (χ1n) is 11.7. The molecule has 184 valence electrons. The van der Waals surface area contributed by atoms with E-state index in [1.54, 1.807) is 10.9 Å². The molecule has 0 saturated carbocycles. The van der Waals surface area contributed by atoms with Gasteiger partial charge in [0.25, 0.3) is 0 Å². The molecule has 1 aliphatic heterocycles. The Labute approximate surface area is 198 Å². The molecule has 0 unspecified atom stereocenters. The van der Waals surface area contributed by atoms with E-state index in [0.717, 1.165) is 43.1 Å². The van der Waals surface area contributed by atoms with E-state index in [1.165, 1.54) is 11.9 Å². The van der Waals surface area contributed by atoms with Crippen molar-refractivity contribution in [1.82, 2.24) is 29.4 Å². The molecule has 3 aromatic rings. The lowest BCUT2D eigenvalue weighted by atomic mass is 9.84. The first-order valence-corrected chi connectivity index (χ1v) is 11.7. The standard InChI is InChI=1S/C24H32F3N7/c1-23(2)11-7-13-32(17-23)22-30-29-21(33(22)14-8-12-31(3)18-24(25,26)27)19-15-28-34(16-19)20-9-5-4-6-10-20/h4-6,9-10,15-16H,7-8,11-14,17-18H2,1-3H3. The Morgan fingerprint density at radius 3 is 2.59 bits per heavy atom. The van der Waals surface area contributed by atoms with Crippen LogP contribution in [0.25, 0.3) is 17.1 Å². The number of halogens is 3. The van der Waals surface area contributed by atoms with Crippen LogP contribution in [0, 0.1) is 5.41 Å². The number of rotatable bonds is 8. The van der Waals surface area contributed by atoms with Crippen LogP contribution in [0.5, 0.6) is 0 Å². The predicted molar refractivity (Wildman–Crippen MR) is 126 cm³/mol. The molecule has 2 aromatic heterocycles. The highest BCUT2D eigenvalue weighted by Crippen LogP contribution is 2.32. The maximum atomic E-state index is 12.7. The van der Waals surface area contributed by atoms with Gasteiger partial charge in [0.1, 0.15) is 0 Å². The molecule has 1 saturated heterocycles. The molecule has 0 radical (unpaired) electrons. The van der Waals surface area contributed by atoms with E-state index in [9.17, 15) is 13.2 Å². The van der Waals surface area contributed by atoms with Crippen molar-refractivity contribution in [3.05, 3.63) is 42.7 Å². The lowest BCUT2D eigenvalue weighted by Crippen LogP contribution is -2.41. The Bertz CT molecular complexity index is 1070. The van der Waals surface area contributed by atoms with Crippen LogP contribution in [0.1, 0.15) is 33.1 Å². The molecular formula is C24H32F3N7. The maximum absolute atomic E-state index is 12.7. The Hall–Kier alpha value is -2.88. The van der Waals surface area contributed by atoms with Crippen molar-refractivity contribution >= 4 is 5.95 Å². The summed E-state index contributed by atoms with van der Waals surface area (Å²) in [5.41, 5.74) is 1.93. The summed E-state index contributed by atoms with van der Waals surface area (Å²) in [6.07, 6.45) is 2.23. The zero-order valence-corrected chi connectivity index (χ0v) is 20.0. The summed E-state index contributed by atoms with van der Waals surface area (Å²) in [5.74, 6) is 1.45. The largest absolute Gasteiger partial charge is 0.401 e. The number of aromatic nitrogens is 5. The zero-order chi connectivity index (χ0) is 24.3. The Balaban J connectivity index is 1.59. The van der Waals surface area contributed by atoms with Crippen LogP contribution in [0.2, 0.25) is 0 Å². The summed E-state index contributed by atoms with van der Waals surface area (Å²) in [5, 5.41) is 13.5. The highest BCUT2D eigenvalue weighted by molar-refractivity contribution is 5.57. The highest BCUT2D eigenvalue weighted by Gasteiger charge is 2.31. The van der Waals surface area contributed by atoms with E-state index in [1.807, 2.05) is 41.1 Å². The van der Waals surface area contributed by atoms with Crippen LogP contribution < -0.4 is 4.90 Å². The molecule has 7 nitrogen and oxygen atoms in total. The van der Waals surface area contributed by atoms with E-state index >= 15 is 0 Å². The predicted octanol–water partition coefficient (Wildman–Crippen LogP) is 4.64. The molecule has 1 aromatic carbocycles. The fourth-order valence-corrected chi connectivity index (χ4v) is 4.59. The van der Waals surface area contributed by atoms with Crippen molar-refractivity contribution in [3.8, 4) is 17.1 Å². The molecule has 10 heteroatoms. The molecule has 0 atom stereocenters. The van der Waals surface area contributed by atoms with Crippen LogP contribution in [0.4, 0.5) is 19.1 Å². The van der Waals surface area contributed by atoms with Gasteiger partial charge in [0.05, 0.1) is 24.0 Å². The third-order valence-corrected chi connectivity index (χ3v) is 6.15. The molecule has 3 heterocycles. The fourth-order valence-electron chi connectivity index (χ4n) is 4.59. The summed E-state index contributed by atoms with van der Waals surface area (Å²) in [6.45, 7) is 6.17. The van der Waals surface area contributed by atoms with Crippen molar-refractivity contribution in [2.24, 2.45) is 5.41 Å². The second-order valence-corrected chi connectivity index (χ2v) is 9.88. The number of nitrogens with zero attached hydrogens (tertiary/aromatic N) is 7. The van der Waals surface area contributed by atoms with Crippen LogP contribution in [0.3, 0.4) is 0 Å². The van der Waals surface area contributed by atoms with Crippen molar-refractivity contribution in [3.63, 3.8) is 0 Å². The van der Waals surface area contributed by atoms with E-state index in [4.69, 9.17) is 0 Å². The molecule has 4 rings (SSSR count). The van der Waals surface area contributed by atoms with E-state index in [0.29, 0.717) is 25.3 Å². The molecule has 0 amide bonds. The third-order valence-electron chi connectivity index (χ3n) is 6.15. The Morgan fingerprint density at radius 1 is 1.12 bits per heavy atom. The quantitative estimate of drug-likeness (QED) is 0.475. The van der Waals surface area contributed by atoms with E-state index in [2.05, 4.69) is 34.0 Å². The third kappa shape index (κ3) is 5.97. The number of alkyl halides is 3. The number of hydrogen-bond donors (Lipinski definition) is 0. The van der Waals surface area contributed by atoms with Gasteiger partial charge in [0.2, 0.25) is 5.95 Å². The topological polar surface area (TPSA) is 55.0 Å². The van der Waals surface area contributed by atoms with E-state index in [-0.39, 0.29) is 5.41 Å². The van der Waals surface area contributed by atoms with Gasteiger partial charge in [-0.2, -0.15) is 18.3 Å². The van der Waals surface area contributed by atoms with Crippen LogP contribution >= 0.6 is 0 Å². The van der Waals surface area contributed by atoms with Crippen molar-refractivity contribution in [2.75, 3.05) is 38.1 Å². The monoisotopic (exact) mass is 475 g/mol. The maximum Gasteiger partial charge on any atom is 0.401 e. The highest BCUT2D eigenvalue weighted by atomic mass is 19.4. The SMILES string of the molecule is CN(CCCn1c(-c2cnn(-c3ccccc3)c2)nnc1N1CCCC(C)(C)C1)CC(F)(F)F. The zero-order valence-electron chi connectivity index (χ0n) is 20.0. The number of benzene rings is 1. The van der Waals surface area contributed by atoms with E-state index < -0.39 is 12.7 Å². The Morgan fingerprint density at radius 2 is 1.88 bits per heavy atom. The Kier molecular flexibility index (Phi) is 6.97. The normalized spacial score (nSPS) is 16.4. The fraction of sp³-hybridized carbons (Fsp3) is 0.542. The van der Waals surface area contributed by atoms with Gasteiger partial charge in [-0.1, -0.05) is 32.0 Å². The van der Waals surface area contributed by atoms with Gasteiger partial charge in [0, 0.05) is 25.8 Å². The molecular weight excluding hydrogens is 443 g/mol. The van der Waals surface area contributed by atoms with Crippen LogP contribution in [-0.2, 0) is 6.54 Å². The molecule has 1 aliphatic rings. The van der Waals surface area contributed by atoms with Gasteiger partial charge in [-0.15, -0.1) is 10.2 Å². The number of para-hydroxylation sites is 1. The average molecular weight is 476 g/mol. The first-order chi connectivity index (χ1) is 16.1.